The molecule has 2 aromatic carbocycles. The van der Waals surface area contributed by atoms with Gasteiger partial charge < -0.3 is 14.4 Å². The second-order valence-corrected chi connectivity index (χ2v) is 8.25. The number of para-hydroxylation sites is 1. The van der Waals surface area contributed by atoms with Crippen LogP contribution in [0, 0.1) is 0 Å². The number of hydrogen-bond acceptors (Lipinski definition) is 6. The average molecular weight is 464 g/mol. The van der Waals surface area contributed by atoms with E-state index < -0.39 is 6.36 Å². The van der Waals surface area contributed by atoms with Crippen LogP contribution in [0.5, 0.6) is 5.75 Å². The summed E-state index contributed by atoms with van der Waals surface area (Å²) in [4.78, 5) is 24.2. The topological polar surface area (TPSA) is 74.4 Å². The lowest BCUT2D eigenvalue weighted by Crippen LogP contribution is -2.36. The van der Waals surface area contributed by atoms with Gasteiger partial charge in [0.15, 0.2) is 0 Å². The minimum absolute atomic E-state index is 0.104. The van der Waals surface area contributed by atoms with Crippen molar-refractivity contribution in [1.29, 1.82) is 0 Å². The van der Waals surface area contributed by atoms with Crippen molar-refractivity contribution in [2.45, 2.75) is 19.8 Å². The molecule has 1 aliphatic heterocycles. The largest absolute Gasteiger partial charge is 0.460 e. The van der Waals surface area contributed by atoms with Gasteiger partial charge in [-0.2, -0.15) is 0 Å². The van der Waals surface area contributed by atoms with Crippen molar-refractivity contribution in [1.82, 2.24) is 19.3 Å². The summed E-state index contributed by atoms with van der Waals surface area (Å²) in [6.45, 7) is 4.65. The molecule has 0 radical (unpaired) electrons. The Labute approximate surface area is 196 Å². The van der Waals surface area contributed by atoms with Gasteiger partial charge in [-0.15, -0.1) is 0 Å². The second kappa shape index (κ2) is 9.26. The lowest BCUT2D eigenvalue weighted by atomic mass is 10.1. The Kier molecular flexibility index (Phi) is 6.02. The molecule has 0 bridgehead atoms. The van der Waals surface area contributed by atoms with Crippen molar-refractivity contribution >= 4 is 16.7 Å². The maximum absolute atomic E-state index is 13.5. The molecule has 3 heterocycles. The highest BCUT2D eigenvalue weighted by Gasteiger charge is 2.16. The van der Waals surface area contributed by atoms with Gasteiger partial charge >= 0.3 is 0 Å². The van der Waals surface area contributed by atoms with Crippen LogP contribution in [-0.4, -0.2) is 52.0 Å². The molecule has 34 heavy (non-hydrogen) atoms. The highest BCUT2D eigenvalue weighted by molar-refractivity contribution is 5.84. The molecule has 2 aromatic heterocycles. The van der Waals surface area contributed by atoms with Crippen LogP contribution in [0.4, 0.5) is 10.2 Å². The molecular weight excluding hydrogens is 437 g/mol. The first-order valence-corrected chi connectivity index (χ1v) is 11.2. The Bertz CT molecular complexity index is 1360. The molecule has 0 spiro atoms. The normalized spacial score (nSPS) is 15.0. The number of alkyl halides is 1. The maximum atomic E-state index is 13.5. The van der Waals surface area contributed by atoms with E-state index in [1.54, 1.807) is 36.3 Å². The summed E-state index contributed by atoms with van der Waals surface area (Å²) in [6, 6.07) is 12.9. The molecular formula is C25H26FN5O3. The van der Waals surface area contributed by atoms with E-state index in [-0.39, 0.29) is 5.56 Å². The molecule has 1 atom stereocenters. The summed E-state index contributed by atoms with van der Waals surface area (Å²) < 4.78 is 27.7. The quantitative estimate of drug-likeness (QED) is 0.437. The molecule has 176 valence electrons. The Morgan fingerprint density at radius 1 is 1.12 bits per heavy atom. The summed E-state index contributed by atoms with van der Waals surface area (Å²) in [5, 5.41) is 0.599. The van der Waals surface area contributed by atoms with Crippen molar-refractivity contribution in [3.63, 3.8) is 0 Å². The van der Waals surface area contributed by atoms with Gasteiger partial charge in [-0.25, -0.2) is 9.37 Å². The minimum atomic E-state index is -1.43. The molecule has 0 amide bonds. The summed E-state index contributed by atoms with van der Waals surface area (Å²) in [6.07, 6.45) is 2.09. The molecule has 5 rings (SSSR count). The van der Waals surface area contributed by atoms with Crippen molar-refractivity contribution < 1.29 is 13.9 Å². The molecule has 4 aromatic rings. The predicted octanol–water partition coefficient (Wildman–Crippen LogP) is 3.38. The van der Waals surface area contributed by atoms with Gasteiger partial charge in [0, 0.05) is 38.2 Å². The fraction of sp³-hybridized carbons (Fsp3) is 0.320. The van der Waals surface area contributed by atoms with Gasteiger partial charge in [0.2, 0.25) is 6.36 Å². The van der Waals surface area contributed by atoms with E-state index in [1.165, 1.54) is 6.92 Å². The molecule has 0 saturated carbocycles. The zero-order valence-corrected chi connectivity index (χ0v) is 19.1. The summed E-state index contributed by atoms with van der Waals surface area (Å²) in [5.74, 6) is 1.27. The number of fused-ring (bicyclic) bond motifs is 1. The maximum Gasteiger partial charge on any atom is 0.274 e. The Morgan fingerprint density at radius 2 is 1.91 bits per heavy atom. The molecule has 1 unspecified atom stereocenters. The number of halogens is 1. The highest BCUT2D eigenvalue weighted by atomic mass is 19.1. The lowest BCUT2D eigenvalue weighted by molar-refractivity contribution is 0.0847. The zero-order valence-electron chi connectivity index (χ0n) is 19.1. The number of anilines is 1. The fourth-order valence-corrected chi connectivity index (χ4v) is 4.23. The molecule has 8 nitrogen and oxygen atoms in total. The number of rotatable bonds is 6. The Morgan fingerprint density at radius 3 is 2.65 bits per heavy atom. The third-order valence-corrected chi connectivity index (χ3v) is 6.01. The monoisotopic (exact) mass is 463 g/mol. The van der Waals surface area contributed by atoms with Gasteiger partial charge in [0.1, 0.15) is 11.6 Å². The Balaban J connectivity index is 1.50. The number of benzene rings is 2. The van der Waals surface area contributed by atoms with Crippen LogP contribution in [0.15, 0.2) is 59.7 Å². The first-order valence-electron chi connectivity index (χ1n) is 11.2. The van der Waals surface area contributed by atoms with Crippen molar-refractivity contribution in [3.05, 3.63) is 70.8 Å². The van der Waals surface area contributed by atoms with E-state index in [4.69, 9.17) is 9.47 Å². The summed E-state index contributed by atoms with van der Waals surface area (Å²) in [7, 11) is 1.72. The van der Waals surface area contributed by atoms with E-state index >= 15 is 0 Å². The number of aromatic nitrogens is 4. The molecule has 0 N–H and O–H groups in total. The molecule has 1 fully saturated rings. The van der Waals surface area contributed by atoms with Gasteiger partial charge in [0.25, 0.3) is 5.56 Å². The average Bonchev–Trinajstić information content (AvgIpc) is 3.10. The van der Waals surface area contributed by atoms with E-state index in [0.29, 0.717) is 30.9 Å². The number of hydrogen-bond donors (Lipinski definition) is 0. The summed E-state index contributed by atoms with van der Waals surface area (Å²) in [5.41, 5.74) is 3.01. The fourth-order valence-electron chi connectivity index (χ4n) is 4.23. The third-order valence-electron chi connectivity index (χ3n) is 6.01. The van der Waals surface area contributed by atoms with E-state index in [1.807, 2.05) is 35.0 Å². The van der Waals surface area contributed by atoms with Crippen LogP contribution in [0.3, 0.4) is 0 Å². The smallest absolute Gasteiger partial charge is 0.274 e. The third kappa shape index (κ3) is 4.26. The van der Waals surface area contributed by atoms with Crippen LogP contribution in [0.25, 0.3) is 22.2 Å². The zero-order chi connectivity index (χ0) is 23.7. The molecule has 1 aliphatic rings. The first kappa shape index (κ1) is 22.1. The Hall–Kier alpha value is -3.72. The van der Waals surface area contributed by atoms with E-state index in [0.717, 1.165) is 41.2 Å². The number of nitrogens with zero attached hydrogens (tertiary/aromatic N) is 5. The van der Waals surface area contributed by atoms with Gasteiger partial charge in [-0.05, 0) is 18.2 Å². The van der Waals surface area contributed by atoms with E-state index in [2.05, 4.69) is 14.9 Å². The molecule has 9 heteroatoms. The van der Waals surface area contributed by atoms with Crippen LogP contribution in [-0.2, 0) is 18.3 Å². The lowest BCUT2D eigenvalue weighted by Gasteiger charge is -2.27. The van der Waals surface area contributed by atoms with Crippen LogP contribution < -0.4 is 15.2 Å². The van der Waals surface area contributed by atoms with Crippen molar-refractivity contribution in [2.24, 2.45) is 7.05 Å². The van der Waals surface area contributed by atoms with Crippen molar-refractivity contribution in [2.75, 3.05) is 31.2 Å². The van der Waals surface area contributed by atoms with Crippen LogP contribution in [0.1, 0.15) is 12.5 Å². The van der Waals surface area contributed by atoms with Gasteiger partial charge in [0.05, 0.1) is 48.7 Å². The van der Waals surface area contributed by atoms with Crippen LogP contribution in [0.2, 0.25) is 0 Å². The van der Waals surface area contributed by atoms with Crippen LogP contribution >= 0.6 is 0 Å². The van der Waals surface area contributed by atoms with E-state index in [9.17, 15) is 9.18 Å². The van der Waals surface area contributed by atoms with Gasteiger partial charge in [-0.3, -0.25) is 19.1 Å². The number of morpholine rings is 1. The highest BCUT2D eigenvalue weighted by Crippen LogP contribution is 2.26. The molecule has 0 aliphatic carbocycles. The van der Waals surface area contributed by atoms with Gasteiger partial charge in [-0.1, -0.05) is 24.3 Å². The van der Waals surface area contributed by atoms with Crippen molar-refractivity contribution in [3.8, 4) is 17.0 Å². The second-order valence-electron chi connectivity index (χ2n) is 8.25. The SMILES string of the molecule is CC(F)Oc1ccccc1Cn1c2cc(-c3cnc(N4CCOCC4)cn3)ccc2c(=O)n1C. The number of ether oxygens (including phenoxy) is 2. The molecule has 1 saturated heterocycles. The summed E-state index contributed by atoms with van der Waals surface area (Å²) >= 11 is 0. The standard InChI is InChI=1S/C25H26FN5O3/c1-17(26)34-23-6-4-3-5-19(23)16-31-22-13-18(7-8-20(22)25(32)29(31)2)21-14-28-24(15-27-21)30-9-11-33-12-10-30/h3-8,13-15,17H,9-12,16H2,1-2H3. The minimum Gasteiger partial charge on any atom is -0.460 e. The predicted molar refractivity (Wildman–Crippen MR) is 128 cm³/mol. The first-order chi connectivity index (χ1) is 16.5.